The van der Waals surface area contributed by atoms with Crippen LogP contribution in [0.5, 0.6) is 0 Å². The molecule has 2 aromatic heterocycles. The first-order valence-corrected chi connectivity index (χ1v) is 10.8. The molecule has 0 radical (unpaired) electrons. The van der Waals surface area contributed by atoms with Gasteiger partial charge in [0.2, 0.25) is 6.79 Å². The average Bonchev–Trinajstić information content (AvgIpc) is 3.20. The summed E-state index contributed by atoms with van der Waals surface area (Å²) in [4.78, 5) is 53.7. The van der Waals surface area contributed by atoms with Crippen LogP contribution in [0.2, 0.25) is 0 Å². The zero-order valence-electron chi connectivity index (χ0n) is 20.5. The van der Waals surface area contributed by atoms with Gasteiger partial charge in [0.25, 0.3) is 11.8 Å². The maximum Gasteiger partial charge on any atom is 0.419 e. The second-order valence-electron chi connectivity index (χ2n) is 7.95. The maximum absolute atomic E-state index is 12.9. The van der Waals surface area contributed by atoms with Gasteiger partial charge in [0.1, 0.15) is 17.9 Å². The number of imide groups is 1. The lowest BCUT2D eigenvalue weighted by atomic mass is 10.1. The van der Waals surface area contributed by atoms with Crippen molar-refractivity contribution in [2.24, 2.45) is 5.73 Å². The number of benzene rings is 1. The number of carbonyl (C=O) groups is 4. The molecule has 0 fully saturated rings. The van der Waals surface area contributed by atoms with Gasteiger partial charge in [-0.05, 0) is 44.0 Å². The molecule has 3 aromatic rings. The van der Waals surface area contributed by atoms with E-state index >= 15 is 0 Å². The molecule has 1 aromatic carbocycles. The fourth-order valence-electron chi connectivity index (χ4n) is 3.28. The number of nitrogens with one attached hydrogen (secondary N) is 2. The molecule has 0 aliphatic carbocycles. The molecule has 0 saturated carbocycles. The van der Waals surface area contributed by atoms with Crippen LogP contribution in [0.15, 0.2) is 30.7 Å². The molecule has 13 nitrogen and oxygen atoms in total. The van der Waals surface area contributed by atoms with Crippen LogP contribution < -0.4 is 16.4 Å². The predicted molar refractivity (Wildman–Crippen MR) is 129 cm³/mol. The molecule has 0 saturated heterocycles. The molecular formula is C23H27N7O6. The van der Waals surface area contributed by atoms with Gasteiger partial charge in [-0.25, -0.2) is 19.2 Å². The van der Waals surface area contributed by atoms with E-state index in [9.17, 15) is 19.2 Å². The van der Waals surface area contributed by atoms with Gasteiger partial charge in [0.05, 0.1) is 5.56 Å². The first-order chi connectivity index (χ1) is 17.0. The third-order valence-electron chi connectivity index (χ3n) is 5.37. The number of hydrogen-bond acceptors (Lipinski definition) is 10. The Balaban J connectivity index is 1.81. The Hall–Kier alpha value is -4.52. The molecule has 3 rings (SSSR count). The van der Waals surface area contributed by atoms with Crippen LogP contribution in [0.25, 0.3) is 5.52 Å². The summed E-state index contributed by atoms with van der Waals surface area (Å²) < 4.78 is 11.0. The normalized spacial score (nSPS) is 11.5. The fraction of sp³-hybridized carbons (Fsp3) is 0.304. The van der Waals surface area contributed by atoms with Crippen molar-refractivity contribution in [2.75, 3.05) is 26.2 Å². The first-order valence-electron chi connectivity index (χ1n) is 10.8. The third kappa shape index (κ3) is 5.41. The van der Waals surface area contributed by atoms with E-state index in [0.717, 1.165) is 10.5 Å². The van der Waals surface area contributed by atoms with Crippen molar-refractivity contribution in [1.82, 2.24) is 24.8 Å². The summed E-state index contributed by atoms with van der Waals surface area (Å²) in [7, 11) is 2.78. The number of hydrogen-bond donors (Lipinski definition) is 3. The summed E-state index contributed by atoms with van der Waals surface area (Å²) in [5, 5.41) is 9.95. The number of fused-ring (bicyclic) bond motifs is 1. The highest BCUT2D eigenvalue weighted by Crippen LogP contribution is 2.27. The lowest BCUT2D eigenvalue weighted by Crippen LogP contribution is -2.35. The number of amides is 3. The van der Waals surface area contributed by atoms with Crippen LogP contribution in [-0.4, -0.2) is 70.3 Å². The monoisotopic (exact) mass is 497 g/mol. The van der Waals surface area contributed by atoms with Crippen molar-refractivity contribution < 1.29 is 28.7 Å². The number of aryl methyl sites for hydroxylation is 2. The van der Waals surface area contributed by atoms with Crippen LogP contribution in [0.4, 0.5) is 16.3 Å². The van der Waals surface area contributed by atoms with Crippen LogP contribution in [-0.2, 0) is 14.3 Å². The van der Waals surface area contributed by atoms with E-state index in [1.54, 1.807) is 42.9 Å². The highest BCUT2D eigenvalue weighted by atomic mass is 16.7. The van der Waals surface area contributed by atoms with Gasteiger partial charge in [-0.2, -0.15) is 5.10 Å². The molecule has 4 N–H and O–H groups in total. The van der Waals surface area contributed by atoms with Gasteiger partial charge in [-0.3, -0.25) is 14.4 Å². The zero-order valence-corrected chi connectivity index (χ0v) is 20.5. The smallest absolute Gasteiger partial charge is 0.419 e. The Morgan fingerprint density at radius 1 is 1.19 bits per heavy atom. The van der Waals surface area contributed by atoms with Gasteiger partial charge in [0.15, 0.2) is 5.82 Å². The molecule has 3 amide bonds. The van der Waals surface area contributed by atoms with E-state index in [4.69, 9.17) is 10.5 Å². The quantitative estimate of drug-likeness (QED) is 0.321. The molecule has 13 heteroatoms. The molecule has 0 aliphatic heterocycles. The highest BCUT2D eigenvalue weighted by molar-refractivity contribution is 6.03. The second kappa shape index (κ2) is 10.8. The van der Waals surface area contributed by atoms with Crippen molar-refractivity contribution in [1.29, 1.82) is 0 Å². The largest absolute Gasteiger partial charge is 0.427 e. The van der Waals surface area contributed by atoms with Crippen molar-refractivity contribution in [3.8, 4) is 0 Å². The number of carbonyl (C=O) groups excluding carboxylic acids is 4. The molecule has 36 heavy (non-hydrogen) atoms. The van der Waals surface area contributed by atoms with E-state index < -0.39 is 30.8 Å². The number of nitrogens with two attached hydrogens (primary N) is 1. The summed E-state index contributed by atoms with van der Waals surface area (Å²) in [6.07, 6.45) is 1.94. The number of nitrogens with zero attached hydrogens (tertiary/aromatic N) is 4. The van der Waals surface area contributed by atoms with Crippen molar-refractivity contribution in [3.05, 3.63) is 53.0 Å². The molecule has 2 heterocycles. The Labute approximate surface area is 206 Å². The summed E-state index contributed by atoms with van der Waals surface area (Å²) in [5.74, 6) is -1.22. The van der Waals surface area contributed by atoms with E-state index in [-0.39, 0.29) is 11.5 Å². The lowest BCUT2D eigenvalue weighted by molar-refractivity contribution is -0.153. The van der Waals surface area contributed by atoms with Gasteiger partial charge in [0, 0.05) is 31.5 Å². The second-order valence-corrected chi connectivity index (χ2v) is 7.95. The van der Waals surface area contributed by atoms with E-state index in [1.807, 2.05) is 6.92 Å². The van der Waals surface area contributed by atoms with Gasteiger partial charge in [-0.15, -0.1) is 0 Å². The first kappa shape index (κ1) is 26.1. The Bertz CT molecular complexity index is 1330. The van der Waals surface area contributed by atoms with Crippen molar-refractivity contribution >= 4 is 40.9 Å². The summed E-state index contributed by atoms with van der Waals surface area (Å²) in [5.41, 5.74) is 8.63. The molecule has 1 atom stereocenters. The summed E-state index contributed by atoms with van der Waals surface area (Å²) in [6, 6.07) is 3.96. The molecule has 0 unspecified atom stereocenters. The third-order valence-corrected chi connectivity index (χ3v) is 5.37. The maximum atomic E-state index is 12.9. The summed E-state index contributed by atoms with van der Waals surface area (Å²) in [6.45, 7) is 4.37. The topological polar surface area (TPSA) is 170 Å². The molecule has 0 spiro atoms. The van der Waals surface area contributed by atoms with Crippen LogP contribution >= 0.6 is 0 Å². The average molecular weight is 498 g/mol. The number of esters is 1. The standard InChI is InChI=1S/C23H27N7O6/c1-12-6-7-15(21(32)29(5)23(34)36-11-35-22(33)14(3)24)8-17(12)28-19-18-13(2)16(20(31)25-4)9-30(18)27-10-26-19/h6-10,14H,11,24H2,1-5H3,(H,25,31)(H,26,27,28)/t14-/m0/s1. The molecular weight excluding hydrogens is 470 g/mol. The summed E-state index contributed by atoms with van der Waals surface area (Å²) >= 11 is 0. The minimum atomic E-state index is -1.00. The Morgan fingerprint density at radius 2 is 1.92 bits per heavy atom. The number of rotatable bonds is 7. The van der Waals surface area contributed by atoms with Crippen molar-refractivity contribution in [3.63, 3.8) is 0 Å². The van der Waals surface area contributed by atoms with Crippen molar-refractivity contribution in [2.45, 2.75) is 26.8 Å². The van der Waals surface area contributed by atoms with Crippen LogP contribution in [0.3, 0.4) is 0 Å². The van der Waals surface area contributed by atoms with E-state index in [1.165, 1.54) is 20.3 Å². The predicted octanol–water partition coefficient (Wildman–Crippen LogP) is 1.51. The minimum absolute atomic E-state index is 0.193. The Kier molecular flexibility index (Phi) is 7.84. The lowest BCUT2D eigenvalue weighted by Gasteiger charge is -2.17. The minimum Gasteiger partial charge on any atom is -0.427 e. The van der Waals surface area contributed by atoms with Gasteiger partial charge < -0.3 is 25.8 Å². The molecule has 0 bridgehead atoms. The number of ether oxygens (including phenoxy) is 2. The van der Waals surface area contributed by atoms with E-state index in [2.05, 4.69) is 25.5 Å². The van der Waals surface area contributed by atoms with Crippen LogP contribution in [0.1, 0.15) is 38.8 Å². The highest BCUT2D eigenvalue weighted by Gasteiger charge is 2.22. The number of anilines is 2. The van der Waals surface area contributed by atoms with Gasteiger partial charge >= 0.3 is 12.1 Å². The number of aromatic nitrogens is 3. The fourth-order valence-corrected chi connectivity index (χ4v) is 3.28. The Morgan fingerprint density at radius 3 is 2.58 bits per heavy atom. The zero-order chi connectivity index (χ0) is 26.6. The SMILES string of the molecule is CNC(=O)c1cn2ncnc(Nc3cc(C(=O)N(C)C(=O)OCOC(=O)[C@H](C)N)ccc3C)c2c1C. The van der Waals surface area contributed by atoms with E-state index in [0.29, 0.717) is 28.1 Å². The molecule has 190 valence electrons. The van der Waals surface area contributed by atoms with Crippen LogP contribution in [0, 0.1) is 13.8 Å². The molecule has 0 aliphatic rings. The van der Waals surface area contributed by atoms with Gasteiger partial charge in [-0.1, -0.05) is 6.07 Å².